The van der Waals surface area contributed by atoms with E-state index in [1.165, 1.54) is 0 Å². The fourth-order valence-corrected chi connectivity index (χ4v) is 3.58. The molecule has 0 saturated carbocycles. The van der Waals surface area contributed by atoms with Gasteiger partial charge in [0.2, 0.25) is 5.95 Å². The molecule has 4 rings (SSSR count). The quantitative estimate of drug-likeness (QED) is 0.507. The van der Waals surface area contributed by atoms with E-state index >= 15 is 0 Å². The number of imidazole rings is 1. The summed E-state index contributed by atoms with van der Waals surface area (Å²) in [6.07, 6.45) is 5.50. The number of pyridine rings is 1. The van der Waals surface area contributed by atoms with E-state index in [1.807, 2.05) is 31.2 Å². The molecule has 0 aliphatic carbocycles. The number of nitrogen functional groups attached to an aromatic ring is 1. The Morgan fingerprint density at radius 2 is 1.80 bits per heavy atom. The van der Waals surface area contributed by atoms with Crippen molar-refractivity contribution >= 4 is 22.8 Å². The summed E-state index contributed by atoms with van der Waals surface area (Å²) >= 11 is 0. The third kappa shape index (κ3) is 3.43. The topological polar surface area (TPSA) is 99.6 Å². The molecule has 3 aromatic heterocycles. The van der Waals surface area contributed by atoms with E-state index in [4.69, 9.17) is 10.7 Å². The lowest BCUT2D eigenvalue weighted by molar-refractivity contribution is 0.0988. The summed E-state index contributed by atoms with van der Waals surface area (Å²) in [7, 11) is 0. The van der Waals surface area contributed by atoms with Crippen molar-refractivity contribution in [3.05, 3.63) is 54.5 Å². The molecule has 4 aromatic rings. The zero-order valence-electron chi connectivity index (χ0n) is 17.5. The Labute approximate surface area is 175 Å². The third-order valence-corrected chi connectivity index (χ3v) is 4.97. The average Bonchev–Trinajstić information content (AvgIpc) is 3.12. The zero-order valence-corrected chi connectivity index (χ0v) is 17.5. The van der Waals surface area contributed by atoms with Crippen LogP contribution in [0, 0.1) is 0 Å². The molecule has 0 radical (unpaired) electrons. The van der Waals surface area contributed by atoms with E-state index < -0.39 is 0 Å². The molecule has 2 N–H and O–H groups in total. The van der Waals surface area contributed by atoms with E-state index in [2.05, 4.69) is 40.3 Å². The second-order valence-corrected chi connectivity index (χ2v) is 8.15. The number of carbonyl (C=O) groups is 1. The Hall–Kier alpha value is -3.61. The van der Waals surface area contributed by atoms with Crippen molar-refractivity contribution in [1.29, 1.82) is 0 Å². The number of Topliss-reactive ketones (excluding diaryl/α,β-unsaturated/α-hetero) is 1. The number of nitrogens with two attached hydrogens (primary N) is 1. The van der Waals surface area contributed by atoms with Gasteiger partial charge in [-0.25, -0.2) is 15.0 Å². The van der Waals surface area contributed by atoms with Crippen LogP contribution in [0.15, 0.2) is 48.9 Å². The lowest BCUT2D eigenvalue weighted by atomic mass is 10.0. The number of nitrogens with zero attached hydrogens (tertiary/aromatic N) is 5. The molecule has 7 nitrogen and oxygen atoms in total. The maximum Gasteiger partial charge on any atom is 0.219 e. The Balaban J connectivity index is 1.97. The van der Waals surface area contributed by atoms with Crippen LogP contribution in [0.4, 0.5) is 5.95 Å². The highest BCUT2D eigenvalue weighted by Crippen LogP contribution is 2.34. The summed E-state index contributed by atoms with van der Waals surface area (Å²) in [5.41, 5.74) is 10.1. The van der Waals surface area contributed by atoms with Gasteiger partial charge >= 0.3 is 0 Å². The summed E-state index contributed by atoms with van der Waals surface area (Å²) in [5.74, 6) is 0.966. The van der Waals surface area contributed by atoms with Gasteiger partial charge in [0, 0.05) is 41.7 Å². The predicted molar refractivity (Wildman–Crippen MR) is 118 cm³/mol. The lowest BCUT2D eigenvalue weighted by Gasteiger charge is -2.25. The molecule has 0 aliphatic heterocycles. The normalized spacial score (nSPS) is 11.7. The fraction of sp³-hybridized carbons (Fsp3) is 0.261. The zero-order chi connectivity index (χ0) is 21.5. The van der Waals surface area contributed by atoms with Crippen molar-refractivity contribution in [2.24, 2.45) is 0 Å². The molecule has 0 spiro atoms. The maximum atomic E-state index is 12.5. The van der Waals surface area contributed by atoms with Crippen molar-refractivity contribution in [3.8, 4) is 22.6 Å². The van der Waals surface area contributed by atoms with Crippen LogP contribution in [-0.2, 0) is 5.54 Å². The number of ketones is 1. The van der Waals surface area contributed by atoms with Gasteiger partial charge in [0.05, 0.1) is 11.0 Å². The number of aromatic nitrogens is 5. The highest BCUT2D eigenvalue weighted by molar-refractivity contribution is 6.01. The monoisotopic (exact) mass is 400 g/mol. The largest absolute Gasteiger partial charge is 0.368 e. The Kier molecular flexibility index (Phi) is 4.81. The van der Waals surface area contributed by atoms with Crippen LogP contribution >= 0.6 is 0 Å². The van der Waals surface area contributed by atoms with Crippen LogP contribution in [0.5, 0.6) is 0 Å². The molecule has 7 heteroatoms. The van der Waals surface area contributed by atoms with Crippen molar-refractivity contribution in [2.45, 2.75) is 39.7 Å². The highest BCUT2D eigenvalue weighted by atomic mass is 16.1. The lowest BCUT2D eigenvalue weighted by Crippen LogP contribution is -2.23. The van der Waals surface area contributed by atoms with E-state index in [-0.39, 0.29) is 17.3 Å². The minimum Gasteiger partial charge on any atom is -0.368 e. The van der Waals surface area contributed by atoms with Gasteiger partial charge in [-0.15, -0.1) is 0 Å². The molecule has 0 unspecified atom stereocenters. The van der Waals surface area contributed by atoms with Crippen LogP contribution in [0.25, 0.3) is 33.7 Å². The molecule has 0 amide bonds. The second kappa shape index (κ2) is 7.33. The molecule has 3 heterocycles. The molecule has 0 saturated heterocycles. The fourth-order valence-electron chi connectivity index (χ4n) is 3.58. The first-order chi connectivity index (χ1) is 14.3. The van der Waals surface area contributed by atoms with Crippen molar-refractivity contribution in [2.75, 3.05) is 5.73 Å². The molecule has 0 atom stereocenters. The summed E-state index contributed by atoms with van der Waals surface area (Å²) in [6.45, 7) is 8.20. The van der Waals surface area contributed by atoms with Crippen LogP contribution in [0.3, 0.4) is 0 Å². The Morgan fingerprint density at radius 1 is 1.07 bits per heavy atom. The Bertz CT molecular complexity index is 1240. The summed E-state index contributed by atoms with van der Waals surface area (Å²) in [6, 6.07) is 9.65. The Morgan fingerprint density at radius 3 is 2.47 bits per heavy atom. The number of benzene rings is 1. The SMILES string of the molecule is CCC(=O)c1cccnc1-c1nc2cc(-c3cnc(N)nc3)ccc2n1C(C)(C)C. The van der Waals surface area contributed by atoms with Gasteiger partial charge in [-0.2, -0.15) is 0 Å². The summed E-state index contributed by atoms with van der Waals surface area (Å²) in [5, 5.41) is 0. The first-order valence-corrected chi connectivity index (χ1v) is 9.89. The van der Waals surface area contributed by atoms with Crippen LogP contribution in [0.1, 0.15) is 44.5 Å². The number of anilines is 1. The predicted octanol–water partition coefficient (Wildman–Crippen LogP) is 4.49. The van der Waals surface area contributed by atoms with Crippen molar-refractivity contribution < 1.29 is 4.79 Å². The van der Waals surface area contributed by atoms with Crippen molar-refractivity contribution in [1.82, 2.24) is 24.5 Å². The molecular weight excluding hydrogens is 376 g/mol. The number of rotatable bonds is 4. The number of fused-ring (bicyclic) bond motifs is 1. The maximum absolute atomic E-state index is 12.5. The molecule has 152 valence electrons. The smallest absolute Gasteiger partial charge is 0.219 e. The molecule has 0 aliphatic rings. The third-order valence-electron chi connectivity index (χ3n) is 4.97. The minimum atomic E-state index is -0.264. The number of hydrogen-bond donors (Lipinski definition) is 1. The molecule has 0 bridgehead atoms. The van der Waals surface area contributed by atoms with Crippen molar-refractivity contribution in [3.63, 3.8) is 0 Å². The van der Waals surface area contributed by atoms with Gasteiger partial charge in [0.15, 0.2) is 11.6 Å². The molecular formula is C23H24N6O. The molecule has 30 heavy (non-hydrogen) atoms. The average molecular weight is 400 g/mol. The van der Waals surface area contributed by atoms with E-state index in [1.54, 1.807) is 24.7 Å². The standard InChI is InChI=1S/C23H24N6O/c1-5-19(30)16-7-6-10-25-20(16)21-28-17-11-14(15-12-26-22(24)27-13-15)8-9-18(17)29(21)23(2,3)4/h6-13H,5H2,1-4H3,(H2,24,26,27). The number of carbonyl (C=O) groups excluding carboxylic acids is 1. The number of hydrogen-bond acceptors (Lipinski definition) is 6. The molecule has 0 fully saturated rings. The first kappa shape index (κ1) is 19.7. The van der Waals surface area contributed by atoms with Crippen LogP contribution in [0.2, 0.25) is 0 Å². The van der Waals surface area contributed by atoms with E-state index in [9.17, 15) is 4.79 Å². The van der Waals surface area contributed by atoms with Gasteiger partial charge in [-0.1, -0.05) is 13.0 Å². The van der Waals surface area contributed by atoms with Gasteiger partial charge in [-0.3, -0.25) is 9.78 Å². The van der Waals surface area contributed by atoms with E-state index in [0.29, 0.717) is 23.5 Å². The first-order valence-electron chi connectivity index (χ1n) is 9.89. The van der Waals surface area contributed by atoms with Crippen LogP contribution in [-0.4, -0.2) is 30.3 Å². The highest BCUT2D eigenvalue weighted by Gasteiger charge is 2.26. The molecule has 1 aromatic carbocycles. The van der Waals surface area contributed by atoms with Gasteiger partial charge < -0.3 is 10.3 Å². The van der Waals surface area contributed by atoms with Crippen LogP contribution < -0.4 is 5.73 Å². The second-order valence-electron chi connectivity index (χ2n) is 8.15. The van der Waals surface area contributed by atoms with Gasteiger partial charge in [0.1, 0.15) is 5.69 Å². The van der Waals surface area contributed by atoms with Gasteiger partial charge in [-0.05, 0) is 50.6 Å². The van der Waals surface area contributed by atoms with Gasteiger partial charge in [0.25, 0.3) is 0 Å². The minimum absolute atomic E-state index is 0.0466. The van der Waals surface area contributed by atoms with E-state index in [0.717, 1.165) is 22.2 Å². The summed E-state index contributed by atoms with van der Waals surface area (Å²) in [4.78, 5) is 30.2. The summed E-state index contributed by atoms with van der Waals surface area (Å²) < 4.78 is 2.14.